The monoisotopic (exact) mass is 322 g/mol. The number of aromatic nitrogens is 1. The predicted octanol–water partition coefficient (Wildman–Crippen LogP) is 0.889. The summed E-state index contributed by atoms with van der Waals surface area (Å²) in [4.78, 5) is 34.5. The van der Waals surface area contributed by atoms with Crippen LogP contribution in [0.4, 0.5) is 0 Å². The summed E-state index contributed by atoms with van der Waals surface area (Å²) in [6.07, 6.45) is 2.01. The molecule has 6 nitrogen and oxygen atoms in total. The van der Waals surface area contributed by atoms with E-state index < -0.39 is 0 Å². The average Bonchev–Trinajstić information content (AvgIpc) is 3.11. The molecule has 2 fully saturated rings. The van der Waals surface area contributed by atoms with Crippen molar-refractivity contribution in [2.45, 2.75) is 25.8 Å². The molecular formula is C15H22N4O2S. The molecule has 0 unspecified atom stereocenters. The number of hydrogen-bond donors (Lipinski definition) is 0. The minimum Gasteiger partial charge on any atom is -0.343 e. The van der Waals surface area contributed by atoms with Gasteiger partial charge in [-0.25, -0.2) is 4.98 Å². The van der Waals surface area contributed by atoms with Gasteiger partial charge in [0.15, 0.2) is 0 Å². The second-order valence-corrected chi connectivity index (χ2v) is 7.12. The fraction of sp³-hybridized carbons (Fsp3) is 0.667. The van der Waals surface area contributed by atoms with Crippen LogP contribution in [0.15, 0.2) is 5.38 Å². The Kier molecular flexibility index (Phi) is 4.44. The Bertz CT molecular complexity index is 574. The largest absolute Gasteiger partial charge is 0.343 e. The summed E-state index contributed by atoms with van der Waals surface area (Å²) in [5, 5.41) is 3.10. The van der Waals surface area contributed by atoms with Crippen LogP contribution >= 0.6 is 11.3 Å². The Labute approximate surface area is 134 Å². The predicted molar refractivity (Wildman–Crippen MR) is 84.6 cm³/mol. The van der Waals surface area contributed by atoms with E-state index in [4.69, 9.17) is 0 Å². The molecule has 0 saturated carbocycles. The molecule has 3 heterocycles. The lowest BCUT2D eigenvalue weighted by Crippen LogP contribution is -2.51. The number of likely N-dealkylation sites (N-methyl/N-ethyl adjacent to an activating group) is 1. The molecule has 0 bridgehead atoms. The van der Waals surface area contributed by atoms with Gasteiger partial charge in [0.2, 0.25) is 11.8 Å². The van der Waals surface area contributed by atoms with Crippen LogP contribution in [0, 0.1) is 6.92 Å². The molecule has 1 aromatic rings. The minimum atomic E-state index is 0.0900. The van der Waals surface area contributed by atoms with Gasteiger partial charge >= 0.3 is 0 Å². The molecule has 2 amide bonds. The van der Waals surface area contributed by atoms with E-state index in [1.807, 2.05) is 23.8 Å². The first-order valence-corrected chi connectivity index (χ1v) is 8.60. The molecule has 1 atom stereocenters. The lowest BCUT2D eigenvalue weighted by molar-refractivity contribution is -0.138. The number of amides is 2. The van der Waals surface area contributed by atoms with Crippen molar-refractivity contribution >= 4 is 23.2 Å². The van der Waals surface area contributed by atoms with Crippen molar-refractivity contribution in [1.29, 1.82) is 0 Å². The molecule has 0 radical (unpaired) electrons. The maximum Gasteiger partial charge on any atom is 0.237 e. The zero-order valence-corrected chi connectivity index (χ0v) is 13.9. The van der Waals surface area contributed by atoms with Gasteiger partial charge in [0.25, 0.3) is 0 Å². The Morgan fingerprint density at radius 3 is 2.91 bits per heavy atom. The van der Waals surface area contributed by atoms with E-state index in [0.717, 1.165) is 36.6 Å². The highest BCUT2D eigenvalue weighted by atomic mass is 32.1. The highest BCUT2D eigenvalue weighted by Crippen LogP contribution is 2.32. The van der Waals surface area contributed by atoms with Gasteiger partial charge in [-0.05, 0) is 19.8 Å². The van der Waals surface area contributed by atoms with Crippen molar-refractivity contribution in [3.05, 3.63) is 16.1 Å². The third kappa shape index (κ3) is 3.15. The van der Waals surface area contributed by atoms with Crippen LogP contribution in [0.25, 0.3) is 0 Å². The van der Waals surface area contributed by atoms with Crippen molar-refractivity contribution in [2.75, 3.05) is 39.8 Å². The SMILES string of the molecule is Cc1nc([C@H]2CCCN2C(=O)CN2CCN(C)C(=O)C2)cs1. The number of aryl methyl sites for hydroxylation is 1. The van der Waals surface area contributed by atoms with E-state index in [1.54, 1.807) is 16.2 Å². The first-order chi connectivity index (χ1) is 10.5. The molecule has 2 aliphatic rings. The first-order valence-electron chi connectivity index (χ1n) is 7.72. The Balaban J connectivity index is 1.63. The van der Waals surface area contributed by atoms with Crippen LogP contribution in [0.2, 0.25) is 0 Å². The standard InChI is InChI=1S/C15H22N4O2S/c1-11-16-12(10-22-11)13-4-3-5-19(13)15(21)9-18-7-6-17(2)14(20)8-18/h10,13H,3-9H2,1-2H3/t13-/m1/s1. The van der Waals surface area contributed by atoms with Crippen molar-refractivity contribution in [3.8, 4) is 0 Å². The van der Waals surface area contributed by atoms with Crippen molar-refractivity contribution < 1.29 is 9.59 Å². The Morgan fingerprint density at radius 2 is 2.23 bits per heavy atom. The molecule has 0 N–H and O–H groups in total. The van der Waals surface area contributed by atoms with Crippen LogP contribution in [0.3, 0.4) is 0 Å². The van der Waals surface area contributed by atoms with Gasteiger partial charge in [-0.2, -0.15) is 0 Å². The summed E-state index contributed by atoms with van der Waals surface area (Å²) in [5.41, 5.74) is 1.02. The van der Waals surface area contributed by atoms with Crippen LogP contribution in [0.5, 0.6) is 0 Å². The molecule has 0 aliphatic carbocycles. The maximum absolute atomic E-state index is 12.6. The lowest BCUT2D eigenvalue weighted by Gasteiger charge is -2.33. The van der Waals surface area contributed by atoms with Crippen molar-refractivity contribution in [1.82, 2.24) is 19.7 Å². The Hall–Kier alpha value is -1.47. The number of rotatable bonds is 3. The molecule has 3 rings (SSSR count). The lowest BCUT2D eigenvalue weighted by atomic mass is 10.1. The second-order valence-electron chi connectivity index (χ2n) is 6.06. The highest BCUT2D eigenvalue weighted by Gasteiger charge is 2.33. The summed E-state index contributed by atoms with van der Waals surface area (Å²) >= 11 is 1.63. The molecule has 0 spiro atoms. The molecule has 22 heavy (non-hydrogen) atoms. The number of likely N-dealkylation sites (tertiary alicyclic amines) is 1. The van der Waals surface area contributed by atoms with Gasteiger partial charge in [0, 0.05) is 32.1 Å². The fourth-order valence-corrected chi connectivity index (χ4v) is 3.79. The second kappa shape index (κ2) is 6.34. The first kappa shape index (κ1) is 15.4. The van der Waals surface area contributed by atoms with E-state index in [1.165, 1.54) is 0 Å². The quantitative estimate of drug-likeness (QED) is 0.829. The summed E-state index contributed by atoms with van der Waals surface area (Å²) in [6.45, 7) is 4.92. The molecule has 7 heteroatoms. The third-order valence-electron chi connectivity index (χ3n) is 4.45. The third-order valence-corrected chi connectivity index (χ3v) is 5.24. The number of carbonyl (C=O) groups is 2. The van der Waals surface area contributed by atoms with Crippen molar-refractivity contribution in [2.24, 2.45) is 0 Å². The van der Waals surface area contributed by atoms with E-state index in [-0.39, 0.29) is 17.9 Å². The minimum absolute atomic E-state index is 0.0900. The van der Waals surface area contributed by atoms with Crippen LogP contribution in [-0.4, -0.2) is 71.3 Å². The molecule has 0 aromatic carbocycles. The van der Waals surface area contributed by atoms with Crippen LogP contribution in [0.1, 0.15) is 29.6 Å². The molecule has 2 saturated heterocycles. The zero-order valence-electron chi connectivity index (χ0n) is 13.1. The van der Waals surface area contributed by atoms with E-state index in [2.05, 4.69) is 10.4 Å². The molecule has 120 valence electrons. The number of hydrogen-bond acceptors (Lipinski definition) is 5. The number of nitrogens with zero attached hydrogens (tertiary/aromatic N) is 4. The van der Waals surface area contributed by atoms with Gasteiger partial charge in [-0.3, -0.25) is 14.5 Å². The zero-order chi connectivity index (χ0) is 15.7. The molecule has 1 aromatic heterocycles. The smallest absolute Gasteiger partial charge is 0.237 e. The number of carbonyl (C=O) groups excluding carboxylic acids is 2. The summed E-state index contributed by atoms with van der Waals surface area (Å²) in [5.74, 6) is 0.206. The summed E-state index contributed by atoms with van der Waals surface area (Å²) in [7, 11) is 1.81. The number of piperazine rings is 1. The van der Waals surface area contributed by atoms with Gasteiger partial charge in [0.05, 0.1) is 29.8 Å². The fourth-order valence-electron chi connectivity index (χ4n) is 3.13. The molecule has 2 aliphatic heterocycles. The topological polar surface area (TPSA) is 56.8 Å². The van der Waals surface area contributed by atoms with E-state index >= 15 is 0 Å². The van der Waals surface area contributed by atoms with Crippen molar-refractivity contribution in [3.63, 3.8) is 0 Å². The van der Waals surface area contributed by atoms with Crippen LogP contribution in [-0.2, 0) is 9.59 Å². The van der Waals surface area contributed by atoms with E-state index in [0.29, 0.717) is 19.6 Å². The normalized spacial score (nSPS) is 23.4. The summed E-state index contributed by atoms with van der Waals surface area (Å²) in [6, 6.07) is 0.112. The summed E-state index contributed by atoms with van der Waals surface area (Å²) < 4.78 is 0. The van der Waals surface area contributed by atoms with Crippen LogP contribution < -0.4 is 0 Å². The number of thiazole rings is 1. The van der Waals surface area contributed by atoms with Gasteiger partial charge in [-0.1, -0.05) is 0 Å². The van der Waals surface area contributed by atoms with Gasteiger partial charge < -0.3 is 9.80 Å². The Morgan fingerprint density at radius 1 is 1.41 bits per heavy atom. The average molecular weight is 322 g/mol. The van der Waals surface area contributed by atoms with Gasteiger partial charge in [-0.15, -0.1) is 11.3 Å². The molecular weight excluding hydrogens is 300 g/mol. The highest BCUT2D eigenvalue weighted by molar-refractivity contribution is 7.09. The van der Waals surface area contributed by atoms with E-state index in [9.17, 15) is 9.59 Å². The van der Waals surface area contributed by atoms with Gasteiger partial charge in [0.1, 0.15) is 0 Å². The maximum atomic E-state index is 12.6.